The molecule has 0 unspecified atom stereocenters. The Labute approximate surface area is 245 Å². The summed E-state index contributed by atoms with van der Waals surface area (Å²) in [5.74, 6) is 0. The van der Waals surface area contributed by atoms with Crippen molar-refractivity contribution in [2.45, 2.75) is 19.3 Å². The minimum atomic E-state index is -0.0274. The van der Waals surface area contributed by atoms with Gasteiger partial charge >= 0.3 is 0 Å². The zero-order chi connectivity index (χ0) is 28.0. The number of para-hydroxylation sites is 1. The third kappa shape index (κ3) is 3.14. The highest BCUT2D eigenvalue weighted by atomic mass is 15.0. The lowest BCUT2D eigenvalue weighted by Gasteiger charge is -2.21. The van der Waals surface area contributed by atoms with Gasteiger partial charge in [0, 0.05) is 21.9 Å². The van der Waals surface area contributed by atoms with Crippen LogP contribution in [-0.2, 0) is 5.41 Å². The molecule has 0 fully saturated rings. The van der Waals surface area contributed by atoms with Crippen molar-refractivity contribution in [3.63, 3.8) is 0 Å². The summed E-state index contributed by atoms with van der Waals surface area (Å²) in [5, 5.41) is 7.75. The Hall–Kier alpha value is -5.14. The van der Waals surface area contributed by atoms with Crippen molar-refractivity contribution in [2.24, 2.45) is 0 Å². The summed E-state index contributed by atoms with van der Waals surface area (Å²) in [4.78, 5) is 0. The first-order valence-corrected chi connectivity index (χ1v) is 14.8. The van der Waals surface area contributed by atoms with Crippen molar-refractivity contribution >= 4 is 43.4 Å². The lowest BCUT2D eigenvalue weighted by atomic mass is 9.82. The van der Waals surface area contributed by atoms with Crippen LogP contribution in [0.2, 0.25) is 0 Å². The normalized spacial score (nSPS) is 13.7. The molecule has 1 aliphatic rings. The fourth-order valence-corrected chi connectivity index (χ4v) is 7.55. The second-order valence-electron chi connectivity index (χ2n) is 12.2. The molecule has 0 radical (unpaired) electrons. The summed E-state index contributed by atoms with van der Waals surface area (Å²) in [6.07, 6.45) is 0. The van der Waals surface area contributed by atoms with E-state index in [-0.39, 0.29) is 5.41 Å². The molecule has 0 atom stereocenters. The maximum absolute atomic E-state index is 2.46. The molecule has 1 aromatic heterocycles. The molecule has 0 saturated carbocycles. The van der Waals surface area contributed by atoms with Crippen molar-refractivity contribution < 1.29 is 0 Å². The summed E-state index contributed by atoms with van der Waals surface area (Å²) >= 11 is 0. The lowest BCUT2D eigenvalue weighted by molar-refractivity contribution is 0.661. The topological polar surface area (TPSA) is 4.93 Å². The summed E-state index contributed by atoms with van der Waals surface area (Å²) < 4.78 is 2.46. The van der Waals surface area contributed by atoms with Gasteiger partial charge in [0.2, 0.25) is 0 Å². The van der Waals surface area contributed by atoms with Crippen LogP contribution in [0.4, 0.5) is 0 Å². The Balaban J connectivity index is 1.33. The Morgan fingerprint density at radius 2 is 1.14 bits per heavy atom. The second kappa shape index (κ2) is 8.44. The minimum absolute atomic E-state index is 0.0274. The van der Waals surface area contributed by atoms with E-state index in [0.29, 0.717) is 0 Å². The molecule has 8 aromatic rings. The monoisotopic (exact) mass is 535 g/mol. The van der Waals surface area contributed by atoms with E-state index in [4.69, 9.17) is 0 Å². The maximum Gasteiger partial charge on any atom is 0.0547 e. The van der Waals surface area contributed by atoms with Gasteiger partial charge in [0.15, 0.2) is 0 Å². The minimum Gasteiger partial charge on any atom is -0.309 e. The molecule has 198 valence electrons. The fraction of sp³-hybridized carbons (Fsp3) is 0.0732. The number of fused-ring (bicyclic) bond motifs is 9. The molecule has 0 saturated heterocycles. The van der Waals surface area contributed by atoms with Crippen LogP contribution in [0.3, 0.4) is 0 Å². The molecule has 9 rings (SSSR count). The molecular formula is C41H29N. The van der Waals surface area contributed by atoms with E-state index in [1.54, 1.807) is 0 Å². The molecule has 1 aliphatic carbocycles. The zero-order valence-electron chi connectivity index (χ0n) is 23.7. The van der Waals surface area contributed by atoms with Gasteiger partial charge in [-0.1, -0.05) is 117 Å². The Morgan fingerprint density at radius 1 is 0.429 bits per heavy atom. The van der Waals surface area contributed by atoms with Gasteiger partial charge in [0.05, 0.1) is 11.0 Å². The quantitative estimate of drug-likeness (QED) is 0.194. The van der Waals surface area contributed by atoms with Crippen molar-refractivity contribution in [2.75, 3.05) is 0 Å². The number of rotatable bonds is 2. The van der Waals surface area contributed by atoms with E-state index in [1.165, 1.54) is 82.4 Å². The number of aromatic nitrogens is 1. The largest absolute Gasteiger partial charge is 0.309 e. The molecule has 7 aromatic carbocycles. The summed E-state index contributed by atoms with van der Waals surface area (Å²) in [7, 11) is 0. The van der Waals surface area contributed by atoms with Gasteiger partial charge in [0.25, 0.3) is 0 Å². The van der Waals surface area contributed by atoms with Crippen LogP contribution in [0.5, 0.6) is 0 Å². The van der Waals surface area contributed by atoms with Crippen LogP contribution in [0.1, 0.15) is 25.0 Å². The SMILES string of the molecule is CC1(C)c2ccccc2-c2cc3c(cc21)c1ccccc1n3-c1cccc(-c2cc3ccccc3c3ccccc23)c1. The third-order valence-corrected chi connectivity index (χ3v) is 9.56. The number of hydrogen-bond donors (Lipinski definition) is 0. The Morgan fingerprint density at radius 3 is 2.02 bits per heavy atom. The molecular weight excluding hydrogens is 506 g/mol. The van der Waals surface area contributed by atoms with E-state index in [9.17, 15) is 0 Å². The smallest absolute Gasteiger partial charge is 0.0547 e. The van der Waals surface area contributed by atoms with Crippen molar-refractivity contribution in [3.05, 3.63) is 151 Å². The van der Waals surface area contributed by atoms with Gasteiger partial charge in [-0.15, -0.1) is 0 Å². The molecule has 42 heavy (non-hydrogen) atoms. The van der Waals surface area contributed by atoms with Gasteiger partial charge in [-0.3, -0.25) is 0 Å². The second-order valence-corrected chi connectivity index (χ2v) is 12.2. The maximum atomic E-state index is 2.46. The standard InChI is InChI=1S/C41H29N/c1-41(2)37-20-9-7-18-32(37)35-25-40-36(24-38(35)41)33-19-8-10-21-39(33)42(40)28-14-11-13-26(22-28)34-23-27-12-3-4-15-29(27)30-16-5-6-17-31(30)34/h3-25H,1-2H3. The first kappa shape index (κ1) is 23.6. The van der Waals surface area contributed by atoms with Crippen LogP contribution in [0.15, 0.2) is 140 Å². The highest BCUT2D eigenvalue weighted by Crippen LogP contribution is 2.51. The predicted molar refractivity (Wildman–Crippen MR) is 179 cm³/mol. The highest BCUT2D eigenvalue weighted by molar-refractivity contribution is 6.14. The van der Waals surface area contributed by atoms with Gasteiger partial charge in [-0.2, -0.15) is 0 Å². The number of hydrogen-bond acceptors (Lipinski definition) is 0. The third-order valence-electron chi connectivity index (χ3n) is 9.56. The number of benzene rings is 7. The fourth-order valence-electron chi connectivity index (χ4n) is 7.55. The first-order chi connectivity index (χ1) is 20.6. The number of nitrogens with zero attached hydrogens (tertiary/aromatic N) is 1. The van der Waals surface area contributed by atoms with E-state index < -0.39 is 0 Å². The van der Waals surface area contributed by atoms with Crippen molar-refractivity contribution in [1.29, 1.82) is 0 Å². The Kier molecular flexibility index (Phi) is 4.73. The highest BCUT2D eigenvalue weighted by Gasteiger charge is 2.36. The average molecular weight is 536 g/mol. The van der Waals surface area contributed by atoms with Gasteiger partial charge in [0.1, 0.15) is 0 Å². The van der Waals surface area contributed by atoms with Crippen LogP contribution >= 0.6 is 0 Å². The van der Waals surface area contributed by atoms with E-state index in [1.807, 2.05) is 0 Å². The van der Waals surface area contributed by atoms with Crippen LogP contribution in [0.25, 0.3) is 71.3 Å². The summed E-state index contributed by atoms with van der Waals surface area (Å²) in [6.45, 7) is 4.72. The Bertz CT molecular complexity index is 2380. The van der Waals surface area contributed by atoms with Gasteiger partial charge in [-0.25, -0.2) is 0 Å². The molecule has 0 N–H and O–H groups in total. The lowest BCUT2D eigenvalue weighted by Crippen LogP contribution is -2.14. The van der Waals surface area contributed by atoms with Gasteiger partial charge in [-0.05, 0) is 91.3 Å². The summed E-state index contributed by atoms with van der Waals surface area (Å²) in [5.41, 5.74) is 11.7. The first-order valence-electron chi connectivity index (χ1n) is 14.8. The molecule has 1 heterocycles. The molecule has 0 amide bonds. The molecule has 1 heteroatoms. The molecule has 0 aliphatic heterocycles. The molecule has 1 nitrogen and oxygen atoms in total. The summed E-state index contributed by atoms with van der Waals surface area (Å²) in [6, 6.07) is 51.6. The van der Waals surface area contributed by atoms with Crippen LogP contribution in [-0.4, -0.2) is 4.57 Å². The van der Waals surface area contributed by atoms with Crippen LogP contribution < -0.4 is 0 Å². The average Bonchev–Trinajstić information content (AvgIpc) is 3.48. The van der Waals surface area contributed by atoms with Crippen molar-refractivity contribution in [3.8, 4) is 27.9 Å². The molecule has 0 bridgehead atoms. The van der Waals surface area contributed by atoms with E-state index in [2.05, 4.69) is 158 Å². The predicted octanol–water partition coefficient (Wildman–Crippen LogP) is 11.1. The molecule has 0 spiro atoms. The van der Waals surface area contributed by atoms with E-state index in [0.717, 1.165) is 0 Å². The van der Waals surface area contributed by atoms with Crippen molar-refractivity contribution in [1.82, 2.24) is 4.57 Å². The van der Waals surface area contributed by atoms with Gasteiger partial charge < -0.3 is 4.57 Å². The van der Waals surface area contributed by atoms with E-state index >= 15 is 0 Å². The van der Waals surface area contributed by atoms with Crippen LogP contribution in [0, 0.1) is 0 Å². The zero-order valence-corrected chi connectivity index (χ0v) is 23.7.